The Labute approximate surface area is 110 Å². The predicted octanol–water partition coefficient (Wildman–Crippen LogP) is 2.10. The van der Waals surface area contributed by atoms with Gasteiger partial charge >= 0.3 is 5.97 Å². The van der Waals surface area contributed by atoms with Crippen molar-refractivity contribution in [3.8, 4) is 0 Å². The van der Waals surface area contributed by atoms with Crippen molar-refractivity contribution in [1.29, 1.82) is 0 Å². The number of esters is 1. The number of rotatable bonds is 3. The number of benzene rings is 1. The van der Waals surface area contributed by atoms with Crippen molar-refractivity contribution in [2.75, 3.05) is 12.4 Å². The Morgan fingerprint density at radius 1 is 1.44 bits per heavy atom. The number of nitrogens with one attached hydrogen (secondary N) is 1. The van der Waals surface area contributed by atoms with Crippen molar-refractivity contribution in [1.82, 2.24) is 0 Å². The van der Waals surface area contributed by atoms with E-state index in [4.69, 9.17) is 0 Å². The molecule has 1 rings (SSSR count). The van der Waals surface area contributed by atoms with Crippen molar-refractivity contribution >= 4 is 39.2 Å². The molecule has 0 atom stereocenters. The van der Waals surface area contributed by atoms with E-state index in [2.05, 4.69) is 26.0 Å². The molecule has 0 unspecified atom stereocenters. The number of nitrogens with zero attached hydrogens (tertiary/aromatic N) is 1. The van der Waals surface area contributed by atoms with Gasteiger partial charge in [-0.05, 0) is 22.0 Å². The average molecular weight is 317 g/mol. The number of ether oxygens (including phenoxy) is 1. The Morgan fingerprint density at radius 2 is 2.06 bits per heavy atom. The highest BCUT2D eigenvalue weighted by molar-refractivity contribution is 9.10. The van der Waals surface area contributed by atoms with Gasteiger partial charge in [0.1, 0.15) is 0 Å². The Balaban J connectivity index is 3.41. The number of methoxy groups -OCH3 is 1. The van der Waals surface area contributed by atoms with Crippen molar-refractivity contribution in [2.24, 2.45) is 0 Å². The lowest BCUT2D eigenvalue weighted by Gasteiger charge is -2.09. The van der Waals surface area contributed by atoms with Crippen LogP contribution in [0, 0.1) is 10.1 Å². The van der Waals surface area contributed by atoms with E-state index in [0.29, 0.717) is 0 Å². The number of carbonyl (C=O) groups excluding carboxylic acids is 2. The van der Waals surface area contributed by atoms with Gasteiger partial charge in [0, 0.05) is 13.0 Å². The monoisotopic (exact) mass is 316 g/mol. The average Bonchev–Trinajstić information content (AvgIpc) is 2.27. The maximum Gasteiger partial charge on any atom is 0.340 e. The standard InChI is InChI=1S/C10H9BrN2O5/c1-5(14)12-8-4-7(11)9(13(16)17)3-6(8)10(15)18-2/h3-4H,1-2H3,(H,12,14). The molecule has 1 amide bonds. The van der Waals surface area contributed by atoms with Crippen molar-refractivity contribution in [3.63, 3.8) is 0 Å². The third kappa shape index (κ3) is 3.04. The van der Waals surface area contributed by atoms with Crippen LogP contribution in [0.3, 0.4) is 0 Å². The van der Waals surface area contributed by atoms with Crippen LogP contribution in [0.5, 0.6) is 0 Å². The van der Waals surface area contributed by atoms with Gasteiger partial charge in [0.25, 0.3) is 5.69 Å². The van der Waals surface area contributed by atoms with Crippen LogP contribution in [0.2, 0.25) is 0 Å². The molecule has 0 saturated carbocycles. The molecular weight excluding hydrogens is 308 g/mol. The Bertz CT molecular complexity index is 529. The number of hydrogen-bond donors (Lipinski definition) is 1. The molecular formula is C10H9BrN2O5. The zero-order valence-electron chi connectivity index (χ0n) is 9.52. The van der Waals surface area contributed by atoms with Crippen LogP contribution in [0.15, 0.2) is 16.6 Å². The Kier molecular flexibility index (Phi) is 4.38. The van der Waals surface area contributed by atoms with Crippen LogP contribution in [0.4, 0.5) is 11.4 Å². The van der Waals surface area contributed by atoms with Crippen LogP contribution in [-0.4, -0.2) is 23.9 Å². The largest absolute Gasteiger partial charge is 0.465 e. The van der Waals surface area contributed by atoms with E-state index in [1.807, 2.05) is 0 Å². The summed E-state index contributed by atoms with van der Waals surface area (Å²) in [5.41, 5.74) is -0.223. The summed E-state index contributed by atoms with van der Waals surface area (Å²) < 4.78 is 4.66. The Hall–Kier alpha value is -1.96. The number of nitro benzene ring substituents is 1. The van der Waals surface area contributed by atoms with Crippen molar-refractivity contribution in [2.45, 2.75) is 6.92 Å². The Morgan fingerprint density at radius 3 is 2.50 bits per heavy atom. The maximum absolute atomic E-state index is 11.5. The molecule has 0 aromatic heterocycles. The second kappa shape index (κ2) is 5.58. The summed E-state index contributed by atoms with van der Waals surface area (Å²) >= 11 is 3.00. The summed E-state index contributed by atoms with van der Waals surface area (Å²) in [6, 6.07) is 2.33. The van der Waals surface area contributed by atoms with E-state index >= 15 is 0 Å². The maximum atomic E-state index is 11.5. The molecule has 96 valence electrons. The van der Waals surface area contributed by atoms with Gasteiger partial charge in [-0.2, -0.15) is 0 Å². The van der Waals surface area contributed by atoms with Gasteiger partial charge < -0.3 is 10.1 Å². The van der Waals surface area contributed by atoms with E-state index in [9.17, 15) is 19.7 Å². The van der Waals surface area contributed by atoms with Crippen LogP contribution in [0.25, 0.3) is 0 Å². The number of anilines is 1. The molecule has 1 aromatic carbocycles. The van der Waals surface area contributed by atoms with E-state index in [1.165, 1.54) is 13.0 Å². The lowest BCUT2D eigenvalue weighted by atomic mass is 10.1. The third-order valence-corrected chi connectivity index (χ3v) is 2.63. The third-order valence-electron chi connectivity index (χ3n) is 2.00. The molecule has 7 nitrogen and oxygen atoms in total. The molecule has 0 radical (unpaired) electrons. The molecule has 0 saturated heterocycles. The van der Waals surface area contributed by atoms with Gasteiger partial charge in [0.2, 0.25) is 5.91 Å². The number of amides is 1. The zero-order valence-corrected chi connectivity index (χ0v) is 11.1. The molecule has 0 aliphatic carbocycles. The van der Waals surface area contributed by atoms with Crippen LogP contribution in [0.1, 0.15) is 17.3 Å². The van der Waals surface area contributed by atoms with Gasteiger partial charge in [-0.3, -0.25) is 14.9 Å². The molecule has 18 heavy (non-hydrogen) atoms. The predicted molar refractivity (Wildman–Crippen MR) is 66.4 cm³/mol. The fourth-order valence-corrected chi connectivity index (χ4v) is 1.76. The topological polar surface area (TPSA) is 98.5 Å². The minimum Gasteiger partial charge on any atom is -0.465 e. The first-order valence-electron chi connectivity index (χ1n) is 4.70. The lowest BCUT2D eigenvalue weighted by molar-refractivity contribution is -0.385. The van der Waals surface area contributed by atoms with E-state index in [-0.39, 0.29) is 21.4 Å². The van der Waals surface area contributed by atoms with Crippen LogP contribution in [-0.2, 0) is 9.53 Å². The summed E-state index contributed by atoms with van der Waals surface area (Å²) in [5, 5.41) is 13.2. The fraction of sp³-hybridized carbons (Fsp3) is 0.200. The molecule has 0 bridgehead atoms. The molecule has 0 heterocycles. The smallest absolute Gasteiger partial charge is 0.340 e. The number of halogens is 1. The summed E-state index contributed by atoms with van der Waals surface area (Å²) in [4.78, 5) is 32.6. The number of nitro groups is 1. The highest BCUT2D eigenvalue weighted by Gasteiger charge is 2.21. The van der Waals surface area contributed by atoms with E-state index in [0.717, 1.165) is 13.2 Å². The van der Waals surface area contributed by atoms with E-state index in [1.54, 1.807) is 0 Å². The minimum absolute atomic E-state index is 0.0809. The summed E-state index contributed by atoms with van der Waals surface area (Å²) in [6.07, 6.45) is 0. The normalized spacial score (nSPS) is 9.72. The summed E-state index contributed by atoms with van der Waals surface area (Å²) in [6.45, 7) is 1.26. The first kappa shape index (κ1) is 14.1. The highest BCUT2D eigenvalue weighted by Crippen LogP contribution is 2.31. The van der Waals surface area contributed by atoms with Gasteiger partial charge in [0.05, 0.1) is 27.8 Å². The molecule has 0 fully saturated rings. The SMILES string of the molecule is COC(=O)c1cc([N+](=O)[O-])c(Br)cc1NC(C)=O. The lowest BCUT2D eigenvalue weighted by Crippen LogP contribution is -2.12. The molecule has 0 aliphatic heterocycles. The first-order valence-corrected chi connectivity index (χ1v) is 5.50. The van der Waals surface area contributed by atoms with Crippen LogP contribution >= 0.6 is 15.9 Å². The molecule has 8 heteroatoms. The van der Waals surface area contributed by atoms with Gasteiger partial charge in [0.15, 0.2) is 0 Å². The summed E-state index contributed by atoms with van der Waals surface area (Å²) in [5.74, 6) is -1.17. The number of carbonyl (C=O) groups is 2. The number of hydrogen-bond acceptors (Lipinski definition) is 5. The highest BCUT2D eigenvalue weighted by atomic mass is 79.9. The molecule has 0 aliphatic rings. The second-order valence-electron chi connectivity index (χ2n) is 3.28. The first-order chi connectivity index (χ1) is 8.36. The van der Waals surface area contributed by atoms with E-state index < -0.39 is 16.8 Å². The zero-order chi connectivity index (χ0) is 13.9. The van der Waals surface area contributed by atoms with Gasteiger partial charge in [-0.1, -0.05) is 0 Å². The van der Waals surface area contributed by atoms with Crippen molar-refractivity contribution in [3.05, 3.63) is 32.3 Å². The van der Waals surface area contributed by atoms with Gasteiger partial charge in [-0.25, -0.2) is 4.79 Å². The molecule has 0 spiro atoms. The quantitative estimate of drug-likeness (QED) is 0.523. The molecule has 1 aromatic rings. The summed E-state index contributed by atoms with van der Waals surface area (Å²) in [7, 11) is 1.15. The minimum atomic E-state index is -0.769. The van der Waals surface area contributed by atoms with Gasteiger partial charge in [-0.15, -0.1) is 0 Å². The second-order valence-corrected chi connectivity index (χ2v) is 4.13. The molecule has 1 N–H and O–H groups in total. The fourth-order valence-electron chi connectivity index (χ4n) is 1.27. The van der Waals surface area contributed by atoms with Crippen molar-refractivity contribution < 1.29 is 19.2 Å². The van der Waals surface area contributed by atoms with Crippen LogP contribution < -0.4 is 5.32 Å².